The SMILES string of the molecule is CCCc1nc(Cl)nc2c1OC[C@@H]1COC[C@@H](C)N21. The molecule has 3 heterocycles. The number of anilines is 1. The van der Waals surface area contributed by atoms with Crippen LogP contribution in [0.5, 0.6) is 5.75 Å². The normalized spacial score (nSPS) is 25.5. The molecule has 0 amide bonds. The molecule has 104 valence electrons. The van der Waals surface area contributed by atoms with Gasteiger partial charge in [0.05, 0.1) is 31.0 Å². The molecule has 1 saturated heterocycles. The van der Waals surface area contributed by atoms with Gasteiger partial charge in [-0.1, -0.05) is 13.3 Å². The molecule has 0 unspecified atom stereocenters. The minimum Gasteiger partial charge on any atom is -0.486 e. The van der Waals surface area contributed by atoms with Gasteiger partial charge in [0.2, 0.25) is 5.28 Å². The van der Waals surface area contributed by atoms with Gasteiger partial charge in [-0.2, -0.15) is 4.98 Å². The summed E-state index contributed by atoms with van der Waals surface area (Å²) in [7, 11) is 0. The number of hydrogen-bond donors (Lipinski definition) is 0. The van der Waals surface area contributed by atoms with Gasteiger partial charge < -0.3 is 14.4 Å². The third kappa shape index (κ3) is 2.25. The van der Waals surface area contributed by atoms with Gasteiger partial charge in [-0.25, -0.2) is 4.98 Å². The molecule has 0 N–H and O–H groups in total. The molecule has 0 bridgehead atoms. The minimum absolute atomic E-state index is 0.219. The number of ether oxygens (including phenoxy) is 2. The van der Waals surface area contributed by atoms with Crippen molar-refractivity contribution in [3.05, 3.63) is 11.0 Å². The fraction of sp³-hybridized carbons (Fsp3) is 0.692. The van der Waals surface area contributed by atoms with Crippen molar-refractivity contribution < 1.29 is 9.47 Å². The van der Waals surface area contributed by atoms with Gasteiger partial charge in [-0.05, 0) is 24.9 Å². The summed E-state index contributed by atoms with van der Waals surface area (Å²) in [4.78, 5) is 11.0. The van der Waals surface area contributed by atoms with E-state index in [0.717, 1.165) is 30.1 Å². The van der Waals surface area contributed by atoms with E-state index in [1.54, 1.807) is 0 Å². The first-order valence-corrected chi connectivity index (χ1v) is 7.13. The zero-order chi connectivity index (χ0) is 13.4. The van der Waals surface area contributed by atoms with Crippen LogP contribution in [0.4, 0.5) is 5.82 Å². The van der Waals surface area contributed by atoms with E-state index in [-0.39, 0.29) is 12.1 Å². The molecule has 3 rings (SSSR count). The summed E-state index contributed by atoms with van der Waals surface area (Å²) in [6.45, 7) is 6.26. The van der Waals surface area contributed by atoms with Crippen molar-refractivity contribution in [1.82, 2.24) is 9.97 Å². The Morgan fingerprint density at radius 1 is 1.32 bits per heavy atom. The van der Waals surface area contributed by atoms with Gasteiger partial charge >= 0.3 is 0 Å². The fourth-order valence-electron chi connectivity index (χ4n) is 2.77. The molecule has 5 nitrogen and oxygen atoms in total. The van der Waals surface area contributed by atoms with Crippen molar-refractivity contribution in [2.75, 3.05) is 24.7 Å². The number of morpholine rings is 1. The summed E-state index contributed by atoms with van der Waals surface area (Å²) < 4.78 is 11.5. The first kappa shape index (κ1) is 12.9. The number of nitrogens with zero attached hydrogens (tertiary/aromatic N) is 3. The van der Waals surface area contributed by atoms with Crippen LogP contribution in [0.3, 0.4) is 0 Å². The second-order valence-corrected chi connectivity index (χ2v) is 5.44. The zero-order valence-corrected chi connectivity index (χ0v) is 12.0. The Morgan fingerprint density at radius 2 is 2.16 bits per heavy atom. The van der Waals surface area contributed by atoms with Crippen LogP contribution in [0.15, 0.2) is 0 Å². The number of halogens is 1. The highest BCUT2D eigenvalue weighted by molar-refractivity contribution is 6.28. The Hall–Kier alpha value is -1.07. The average Bonchev–Trinajstić information content (AvgIpc) is 2.38. The molecule has 2 aliphatic heterocycles. The van der Waals surface area contributed by atoms with Crippen molar-refractivity contribution in [3.63, 3.8) is 0 Å². The van der Waals surface area contributed by atoms with Crippen molar-refractivity contribution in [3.8, 4) is 5.75 Å². The lowest BCUT2D eigenvalue weighted by atomic mass is 10.1. The molecule has 19 heavy (non-hydrogen) atoms. The molecule has 6 heteroatoms. The van der Waals surface area contributed by atoms with Crippen LogP contribution in [-0.4, -0.2) is 41.9 Å². The molecule has 2 aliphatic rings. The molecule has 0 aliphatic carbocycles. The van der Waals surface area contributed by atoms with Crippen molar-refractivity contribution >= 4 is 17.4 Å². The van der Waals surface area contributed by atoms with E-state index in [1.165, 1.54) is 0 Å². The van der Waals surface area contributed by atoms with E-state index in [4.69, 9.17) is 21.1 Å². The molecule has 0 radical (unpaired) electrons. The summed E-state index contributed by atoms with van der Waals surface area (Å²) in [6, 6.07) is 0.499. The Balaban J connectivity index is 2.05. The van der Waals surface area contributed by atoms with Crippen molar-refractivity contribution in [2.45, 2.75) is 38.8 Å². The quantitative estimate of drug-likeness (QED) is 0.778. The lowest BCUT2D eigenvalue weighted by molar-refractivity contribution is 0.0483. The number of fused-ring (bicyclic) bond motifs is 3. The van der Waals surface area contributed by atoms with E-state index >= 15 is 0 Å². The summed E-state index contributed by atoms with van der Waals surface area (Å²) in [6.07, 6.45) is 1.86. The minimum atomic E-state index is 0.219. The maximum absolute atomic E-state index is 6.06. The summed E-state index contributed by atoms with van der Waals surface area (Å²) in [5, 5.41) is 0.296. The number of hydrogen-bond acceptors (Lipinski definition) is 5. The Labute approximate surface area is 117 Å². The largest absolute Gasteiger partial charge is 0.486 e. The van der Waals surface area contributed by atoms with Crippen LogP contribution >= 0.6 is 11.6 Å². The van der Waals surface area contributed by atoms with Crippen LogP contribution in [0, 0.1) is 0 Å². The Kier molecular flexibility index (Phi) is 3.50. The summed E-state index contributed by atoms with van der Waals surface area (Å²) in [5.74, 6) is 1.63. The maximum atomic E-state index is 6.06. The summed E-state index contributed by atoms with van der Waals surface area (Å²) in [5.41, 5.74) is 0.912. The van der Waals surface area contributed by atoms with Crippen LogP contribution in [0.2, 0.25) is 5.28 Å². The standard InChI is InChI=1S/C13H18ClN3O2/c1-3-4-10-11-12(16-13(14)15-10)17-8(2)5-18-6-9(17)7-19-11/h8-9H,3-7H2,1-2H3/t8-,9+/m1/s1. The first-order valence-electron chi connectivity index (χ1n) is 6.76. The highest BCUT2D eigenvalue weighted by Crippen LogP contribution is 2.38. The van der Waals surface area contributed by atoms with Crippen LogP contribution in [0.25, 0.3) is 0 Å². The van der Waals surface area contributed by atoms with Crippen LogP contribution in [-0.2, 0) is 11.2 Å². The van der Waals surface area contributed by atoms with Crippen LogP contribution in [0.1, 0.15) is 26.0 Å². The molecule has 2 atom stereocenters. The Bertz CT molecular complexity index is 483. The van der Waals surface area contributed by atoms with Crippen molar-refractivity contribution in [2.24, 2.45) is 0 Å². The second-order valence-electron chi connectivity index (χ2n) is 5.10. The molecule has 1 aromatic heterocycles. The van der Waals surface area contributed by atoms with Gasteiger partial charge in [0.1, 0.15) is 6.61 Å². The molecule has 1 fully saturated rings. The smallest absolute Gasteiger partial charge is 0.224 e. The van der Waals surface area contributed by atoms with Crippen molar-refractivity contribution in [1.29, 1.82) is 0 Å². The molecule has 0 saturated carbocycles. The van der Waals surface area contributed by atoms with Gasteiger partial charge in [0, 0.05) is 0 Å². The van der Waals surface area contributed by atoms with Crippen LogP contribution < -0.4 is 9.64 Å². The monoisotopic (exact) mass is 283 g/mol. The van der Waals surface area contributed by atoms with E-state index in [0.29, 0.717) is 25.1 Å². The second kappa shape index (κ2) is 5.13. The lowest BCUT2D eigenvalue weighted by Gasteiger charge is -2.44. The molecule has 1 aromatic rings. The Morgan fingerprint density at radius 3 is 2.95 bits per heavy atom. The first-order chi connectivity index (χ1) is 9.20. The predicted octanol–water partition coefficient (Wildman–Crippen LogP) is 2.07. The lowest BCUT2D eigenvalue weighted by Crippen LogP contribution is -2.56. The number of rotatable bonds is 2. The van der Waals surface area contributed by atoms with Gasteiger partial charge in [0.15, 0.2) is 11.6 Å². The molecule has 0 spiro atoms. The third-order valence-corrected chi connectivity index (χ3v) is 3.75. The third-order valence-electron chi connectivity index (χ3n) is 3.58. The number of aryl methyl sites for hydroxylation is 1. The topological polar surface area (TPSA) is 47.5 Å². The fourth-order valence-corrected chi connectivity index (χ4v) is 2.95. The highest BCUT2D eigenvalue weighted by atomic mass is 35.5. The zero-order valence-electron chi connectivity index (χ0n) is 11.2. The number of aromatic nitrogens is 2. The van der Waals surface area contributed by atoms with E-state index in [9.17, 15) is 0 Å². The van der Waals surface area contributed by atoms with Gasteiger partial charge in [-0.3, -0.25) is 0 Å². The van der Waals surface area contributed by atoms with E-state index in [2.05, 4.69) is 28.7 Å². The predicted molar refractivity (Wildman–Crippen MR) is 73.1 cm³/mol. The maximum Gasteiger partial charge on any atom is 0.224 e. The van der Waals surface area contributed by atoms with E-state index < -0.39 is 0 Å². The van der Waals surface area contributed by atoms with E-state index in [1.807, 2.05) is 0 Å². The van der Waals surface area contributed by atoms with Gasteiger partial charge in [0.25, 0.3) is 0 Å². The molecular formula is C13H18ClN3O2. The summed E-state index contributed by atoms with van der Waals surface area (Å²) >= 11 is 6.06. The molecule has 0 aromatic carbocycles. The molecular weight excluding hydrogens is 266 g/mol. The highest BCUT2D eigenvalue weighted by Gasteiger charge is 2.37. The average molecular weight is 284 g/mol. The van der Waals surface area contributed by atoms with Gasteiger partial charge in [-0.15, -0.1) is 0 Å².